The number of hydrogen-bond acceptors (Lipinski definition) is 6. The molecule has 2 saturated carbocycles. The molecule has 3 N–H and O–H groups in total. The molecule has 0 aromatic heterocycles. The molecule has 6 heteroatoms. The van der Waals surface area contributed by atoms with E-state index in [1.807, 2.05) is 13.0 Å². The zero-order valence-corrected chi connectivity index (χ0v) is 26.6. The van der Waals surface area contributed by atoms with Crippen molar-refractivity contribution in [3.8, 4) is 0 Å². The van der Waals surface area contributed by atoms with Gasteiger partial charge in [-0.3, -0.25) is 9.59 Å². The monoisotopic (exact) mass is 572 g/mol. The summed E-state index contributed by atoms with van der Waals surface area (Å²) in [6, 6.07) is 0. The van der Waals surface area contributed by atoms with Gasteiger partial charge in [0.2, 0.25) is 0 Å². The Kier molecular flexibility index (Phi) is 9.39. The van der Waals surface area contributed by atoms with Gasteiger partial charge in [0, 0.05) is 30.1 Å². The van der Waals surface area contributed by atoms with Crippen molar-refractivity contribution in [1.29, 1.82) is 0 Å². The number of rotatable bonds is 14. The Morgan fingerprint density at radius 2 is 1.54 bits per heavy atom. The van der Waals surface area contributed by atoms with Crippen molar-refractivity contribution in [1.82, 2.24) is 0 Å². The van der Waals surface area contributed by atoms with Gasteiger partial charge in [-0.05, 0) is 36.8 Å². The van der Waals surface area contributed by atoms with Crippen LogP contribution < -0.4 is 0 Å². The number of esters is 1. The second kappa shape index (κ2) is 11.9. The number of ketones is 1. The molecule has 0 heterocycles. The van der Waals surface area contributed by atoms with E-state index in [4.69, 9.17) is 4.74 Å². The Labute approximate surface area is 248 Å². The molecular formula is C35H56O6. The Bertz CT molecular complexity index is 1060. The molecule has 6 nitrogen and oxygen atoms in total. The lowest BCUT2D eigenvalue weighted by Crippen LogP contribution is -2.67. The summed E-state index contributed by atoms with van der Waals surface area (Å²) in [5.74, 6) is -1.58. The van der Waals surface area contributed by atoms with E-state index in [1.54, 1.807) is 19.9 Å². The van der Waals surface area contributed by atoms with Crippen LogP contribution in [0.1, 0.15) is 131 Å². The van der Waals surface area contributed by atoms with Gasteiger partial charge in [-0.15, -0.1) is 0 Å². The van der Waals surface area contributed by atoms with E-state index in [0.29, 0.717) is 24.0 Å². The number of unbranched alkanes of at least 4 members (excludes halogenated alkanes) is 10. The molecule has 232 valence electrons. The summed E-state index contributed by atoms with van der Waals surface area (Å²) in [6.45, 7) is 11.6. The van der Waals surface area contributed by atoms with Crippen LogP contribution in [0.4, 0.5) is 0 Å². The molecule has 0 aliphatic heterocycles. The van der Waals surface area contributed by atoms with Crippen LogP contribution in [0.15, 0.2) is 23.3 Å². The largest absolute Gasteiger partial charge is 0.458 e. The van der Waals surface area contributed by atoms with E-state index in [-0.39, 0.29) is 42.0 Å². The first kappa shape index (κ1) is 32.4. The number of Topliss-reactive ketones (excluding diaryl/α,β-unsaturated/α-hetero) is 1. The van der Waals surface area contributed by atoms with Gasteiger partial charge in [-0.25, -0.2) is 0 Å². The van der Waals surface area contributed by atoms with E-state index in [9.17, 15) is 24.9 Å². The van der Waals surface area contributed by atoms with Crippen molar-refractivity contribution >= 4 is 11.8 Å². The van der Waals surface area contributed by atoms with Crippen LogP contribution in [0.2, 0.25) is 0 Å². The predicted octanol–water partition coefficient (Wildman–Crippen LogP) is 6.60. The van der Waals surface area contributed by atoms with Crippen LogP contribution >= 0.6 is 0 Å². The average molecular weight is 573 g/mol. The lowest BCUT2D eigenvalue weighted by Gasteiger charge is -2.56. The first-order chi connectivity index (χ1) is 19.3. The van der Waals surface area contributed by atoms with Crippen molar-refractivity contribution in [2.45, 2.75) is 148 Å². The van der Waals surface area contributed by atoms with Crippen LogP contribution in [-0.4, -0.2) is 50.5 Å². The first-order valence-corrected chi connectivity index (χ1v) is 16.5. The van der Waals surface area contributed by atoms with E-state index < -0.39 is 28.1 Å². The smallest absolute Gasteiger partial charge is 0.306 e. The fourth-order valence-corrected chi connectivity index (χ4v) is 9.32. The minimum absolute atomic E-state index is 0.0169. The molecule has 4 aliphatic carbocycles. The highest BCUT2D eigenvalue weighted by Gasteiger charge is 2.84. The minimum Gasteiger partial charge on any atom is -0.458 e. The molecule has 0 radical (unpaired) electrons. The fourth-order valence-electron chi connectivity index (χ4n) is 9.32. The lowest BCUT2D eigenvalue weighted by atomic mass is 9.52. The predicted molar refractivity (Wildman–Crippen MR) is 161 cm³/mol. The Morgan fingerprint density at radius 1 is 0.976 bits per heavy atom. The summed E-state index contributed by atoms with van der Waals surface area (Å²) in [4.78, 5) is 26.4. The van der Waals surface area contributed by atoms with Crippen LogP contribution in [0.25, 0.3) is 0 Å². The van der Waals surface area contributed by atoms with Gasteiger partial charge in [-0.1, -0.05) is 111 Å². The van der Waals surface area contributed by atoms with Gasteiger partial charge in [0.15, 0.2) is 5.78 Å². The molecular weight excluding hydrogens is 516 g/mol. The minimum atomic E-state index is -1.83. The molecule has 41 heavy (non-hydrogen) atoms. The van der Waals surface area contributed by atoms with E-state index in [2.05, 4.69) is 20.8 Å². The summed E-state index contributed by atoms with van der Waals surface area (Å²) < 4.78 is 6.36. The number of carbonyl (C=O) groups is 2. The third-order valence-corrected chi connectivity index (χ3v) is 11.8. The lowest BCUT2D eigenvalue weighted by molar-refractivity contribution is -0.217. The summed E-state index contributed by atoms with van der Waals surface area (Å²) in [5, 5.41) is 34.8. The summed E-state index contributed by atoms with van der Waals surface area (Å²) in [5.41, 5.74) is -4.61. The molecule has 0 amide bonds. The molecule has 0 aromatic carbocycles. The first-order valence-electron chi connectivity index (χ1n) is 16.5. The van der Waals surface area contributed by atoms with Crippen molar-refractivity contribution < 1.29 is 29.6 Å². The highest BCUT2D eigenvalue weighted by molar-refractivity contribution is 6.05. The molecule has 2 fully saturated rings. The van der Waals surface area contributed by atoms with Crippen LogP contribution in [0.3, 0.4) is 0 Å². The number of ether oxygens (including phenoxy) is 1. The van der Waals surface area contributed by atoms with Gasteiger partial charge in [0.1, 0.15) is 11.2 Å². The van der Waals surface area contributed by atoms with Crippen molar-refractivity contribution in [3.63, 3.8) is 0 Å². The quantitative estimate of drug-likeness (QED) is 0.123. The summed E-state index contributed by atoms with van der Waals surface area (Å²) >= 11 is 0. The van der Waals surface area contributed by atoms with Gasteiger partial charge < -0.3 is 20.1 Å². The number of carbonyl (C=O) groups excluding carboxylic acids is 2. The number of aliphatic hydroxyl groups excluding tert-OH is 1. The Hall–Kier alpha value is -1.50. The molecule has 0 unspecified atom stereocenters. The molecule has 4 aliphatic rings. The standard InChI is InChI=1S/C35H56O6/c1-7-8-9-10-11-12-13-14-15-16-17-18-28(37)41-34-21-25(3)35(40)27(29(34)31(34,4)5)19-26(23-36)22-33(39)30(38)24(2)20-32(33,35)6/h19-20,25,27,29,36,39-40H,7-18,21-23H2,1-6H3/t25-,27+,29+,32+,33+,34+,35-/m1/s1. The second-order valence-corrected chi connectivity index (χ2v) is 14.7. The molecule has 0 spiro atoms. The van der Waals surface area contributed by atoms with Crippen molar-refractivity contribution in [3.05, 3.63) is 23.3 Å². The van der Waals surface area contributed by atoms with Crippen LogP contribution in [-0.2, 0) is 14.3 Å². The summed E-state index contributed by atoms with van der Waals surface area (Å²) in [6.07, 6.45) is 18.0. The number of hydrogen-bond donors (Lipinski definition) is 3. The molecule has 0 saturated heterocycles. The van der Waals surface area contributed by atoms with E-state index in [1.165, 1.54) is 51.4 Å². The van der Waals surface area contributed by atoms with Crippen LogP contribution in [0, 0.1) is 28.6 Å². The normalized spacial score (nSPS) is 38.8. The van der Waals surface area contributed by atoms with Crippen molar-refractivity contribution in [2.24, 2.45) is 28.6 Å². The van der Waals surface area contributed by atoms with E-state index >= 15 is 0 Å². The number of fused-ring (bicyclic) bond motifs is 5. The highest BCUT2D eigenvalue weighted by Crippen LogP contribution is 2.78. The second-order valence-electron chi connectivity index (χ2n) is 14.7. The van der Waals surface area contributed by atoms with Gasteiger partial charge in [0.25, 0.3) is 0 Å². The Morgan fingerprint density at radius 3 is 2.10 bits per heavy atom. The molecule has 0 bridgehead atoms. The maximum Gasteiger partial charge on any atom is 0.306 e. The third-order valence-electron chi connectivity index (χ3n) is 11.8. The van der Waals surface area contributed by atoms with Crippen LogP contribution in [0.5, 0.6) is 0 Å². The van der Waals surface area contributed by atoms with Gasteiger partial charge >= 0.3 is 5.97 Å². The van der Waals surface area contributed by atoms with Gasteiger partial charge in [-0.2, -0.15) is 0 Å². The van der Waals surface area contributed by atoms with E-state index in [0.717, 1.165) is 19.3 Å². The average Bonchev–Trinajstić information content (AvgIpc) is 3.34. The zero-order valence-electron chi connectivity index (χ0n) is 26.6. The number of aliphatic hydroxyl groups is 3. The zero-order chi connectivity index (χ0) is 30.3. The molecule has 0 aromatic rings. The van der Waals surface area contributed by atoms with Gasteiger partial charge in [0.05, 0.1) is 17.6 Å². The fraction of sp³-hybridized carbons (Fsp3) is 0.829. The SMILES string of the molecule is CCCCCCCCCCCCCC(=O)O[C@@]12C[C@@H](C)[C@@]3(O)[C@@H](C=C(CO)C[C@]4(O)C(=O)C(C)=C[C@]34C)[C@H]1C2(C)C. The third kappa shape index (κ3) is 5.08. The highest BCUT2D eigenvalue weighted by atomic mass is 16.6. The maximum absolute atomic E-state index is 13.3. The molecule has 4 rings (SSSR count). The maximum atomic E-state index is 13.3. The molecule has 7 atom stereocenters. The Balaban J connectivity index is 1.41. The topological polar surface area (TPSA) is 104 Å². The summed E-state index contributed by atoms with van der Waals surface area (Å²) in [7, 11) is 0. The van der Waals surface area contributed by atoms with Crippen molar-refractivity contribution in [2.75, 3.05) is 6.61 Å².